The van der Waals surface area contributed by atoms with Crippen LogP contribution in [0.4, 0.5) is 0 Å². The normalized spacial score (nSPS) is 23.9. The number of aliphatic hydroxyl groups excluding tert-OH is 8. The molecule has 14 nitrogen and oxygen atoms in total. The fraction of sp³-hybridized carbons (Fsp3) is 0.716. The smallest absolute Gasteiger partial charge is 0.220 e. The number of carbonyl (C=O) groups excluding carboxylic acids is 1. The summed E-state index contributed by atoms with van der Waals surface area (Å²) in [6, 6.07) is -0.980. The molecule has 0 spiro atoms. The first-order valence-electron chi connectivity index (χ1n) is 34.8. The zero-order valence-corrected chi connectivity index (χ0v) is 54.7. The average molecular weight is 1240 g/mol. The molecule has 0 saturated carbocycles. The van der Waals surface area contributed by atoms with Crippen LogP contribution in [0, 0.1) is 0 Å². The van der Waals surface area contributed by atoms with Crippen LogP contribution in [0.3, 0.4) is 0 Å². The molecule has 88 heavy (non-hydrogen) atoms. The second-order valence-electron chi connectivity index (χ2n) is 23.9. The molecule has 2 aliphatic heterocycles. The largest absolute Gasteiger partial charge is 0.394 e. The first-order chi connectivity index (χ1) is 43.1. The van der Waals surface area contributed by atoms with E-state index in [1.54, 1.807) is 6.08 Å². The molecule has 0 bridgehead atoms. The number of amides is 1. The standard InChI is InChI=1S/C74H125NO13/c1-3-5-7-9-11-13-15-17-19-21-23-25-27-28-29-30-31-32-33-34-36-37-39-41-43-45-47-49-51-53-55-57-63(78)62(61-85-73-71(84)69(82)72(65(60-77)87-73)88-74-70(83)68(81)67(80)64(59-76)86-74)75-66(79)58-56-54-52-50-48-46-44-42-40-38-35-26-24-22-20-18-16-14-12-10-8-6-4-2/h6,8,12,14,18,20,24,26,38-41,44,46-47,49-50,52,55,57,62-65,67-74,76-78,80-84H,3-5,7,9-11,13,15-17,19,21-23,25,27-37,42-43,45,48,51,53-54,56,58-61H2,1-2H3,(H,75,79)/b8-6-,14-12-,20-18-,26-24-,40-38-,41-39+,46-44-,49-47+,52-50-,57-55+. The minimum atomic E-state index is -1.81. The SMILES string of the molecule is CC/C=C\C/C=C\C/C=C\C/C=C\C/C=C\C/C=C\C/C=C\CCCC(=O)NC(COC1OC(CO)C(OC2OC(CO)C(O)C(O)C2O)C(O)C1O)C(O)/C=C/CC/C=C/CC/C=C/CCCCCCCCCCCCCCCCCCCCCCC. The zero-order valence-electron chi connectivity index (χ0n) is 54.7. The van der Waals surface area contributed by atoms with Crippen LogP contribution in [0.2, 0.25) is 0 Å². The van der Waals surface area contributed by atoms with Crippen LogP contribution < -0.4 is 5.32 Å². The Labute approximate surface area is 533 Å². The van der Waals surface area contributed by atoms with Gasteiger partial charge in [0.2, 0.25) is 5.91 Å². The molecule has 12 atom stereocenters. The van der Waals surface area contributed by atoms with Gasteiger partial charge in [-0.3, -0.25) is 4.79 Å². The van der Waals surface area contributed by atoms with Crippen molar-refractivity contribution in [3.63, 3.8) is 0 Å². The molecule has 2 fully saturated rings. The van der Waals surface area contributed by atoms with Gasteiger partial charge < -0.3 is 65.1 Å². The van der Waals surface area contributed by atoms with Crippen molar-refractivity contribution in [1.29, 1.82) is 0 Å². The van der Waals surface area contributed by atoms with Crippen molar-refractivity contribution in [2.75, 3.05) is 19.8 Å². The van der Waals surface area contributed by atoms with Gasteiger partial charge in [-0.25, -0.2) is 0 Å². The molecule has 0 aromatic heterocycles. The summed E-state index contributed by atoms with van der Waals surface area (Å²) < 4.78 is 22.8. The average Bonchev–Trinajstić information content (AvgIpc) is 1.78. The highest BCUT2D eigenvalue weighted by Crippen LogP contribution is 2.30. The summed E-state index contributed by atoms with van der Waals surface area (Å²) in [5.41, 5.74) is 0. The van der Waals surface area contributed by atoms with Crippen LogP contribution in [0.1, 0.15) is 245 Å². The lowest BCUT2D eigenvalue weighted by atomic mass is 9.97. The van der Waals surface area contributed by atoms with E-state index in [0.717, 1.165) is 70.6 Å². The van der Waals surface area contributed by atoms with E-state index in [2.05, 4.69) is 122 Å². The highest BCUT2D eigenvalue weighted by molar-refractivity contribution is 5.76. The summed E-state index contributed by atoms with van der Waals surface area (Å²) in [5.74, 6) is -0.314. The Bertz CT molecular complexity index is 1940. The van der Waals surface area contributed by atoms with E-state index in [1.807, 2.05) is 12.2 Å². The predicted octanol–water partition coefficient (Wildman–Crippen LogP) is 14.1. The Morgan fingerprint density at radius 1 is 0.420 bits per heavy atom. The van der Waals surface area contributed by atoms with Crippen molar-refractivity contribution < 1.29 is 64.6 Å². The Kier molecular flexibility index (Phi) is 52.4. The minimum Gasteiger partial charge on any atom is -0.394 e. The molecule has 12 unspecified atom stereocenters. The molecule has 2 saturated heterocycles. The van der Waals surface area contributed by atoms with E-state index in [1.165, 1.54) is 135 Å². The van der Waals surface area contributed by atoms with E-state index >= 15 is 0 Å². The van der Waals surface area contributed by atoms with Crippen molar-refractivity contribution in [3.05, 3.63) is 122 Å². The maximum absolute atomic E-state index is 13.3. The quantitative estimate of drug-likeness (QED) is 0.0204. The van der Waals surface area contributed by atoms with E-state index in [9.17, 15) is 45.6 Å². The number of hydrogen-bond acceptors (Lipinski definition) is 13. The number of unbranched alkanes of at least 4 members (excludes halogenated alkanes) is 24. The van der Waals surface area contributed by atoms with Gasteiger partial charge in [0.1, 0.15) is 48.8 Å². The summed E-state index contributed by atoms with van der Waals surface area (Å²) in [7, 11) is 0. The molecule has 0 radical (unpaired) electrons. The molecule has 2 rings (SSSR count). The molecule has 2 heterocycles. The Morgan fingerprint density at radius 2 is 0.795 bits per heavy atom. The van der Waals surface area contributed by atoms with Crippen LogP contribution in [0.25, 0.3) is 0 Å². The molecular weight excluding hydrogens is 1110 g/mol. The highest BCUT2D eigenvalue weighted by Gasteiger charge is 2.51. The number of aliphatic hydroxyl groups is 8. The lowest BCUT2D eigenvalue weighted by Crippen LogP contribution is -2.65. The van der Waals surface area contributed by atoms with E-state index in [4.69, 9.17) is 18.9 Å². The van der Waals surface area contributed by atoms with Crippen LogP contribution in [0.5, 0.6) is 0 Å². The van der Waals surface area contributed by atoms with Crippen LogP contribution in [-0.4, -0.2) is 140 Å². The van der Waals surface area contributed by atoms with Crippen LogP contribution in [-0.2, 0) is 23.7 Å². The van der Waals surface area contributed by atoms with Crippen molar-refractivity contribution in [3.8, 4) is 0 Å². The lowest BCUT2D eigenvalue weighted by Gasteiger charge is -2.46. The lowest BCUT2D eigenvalue weighted by molar-refractivity contribution is -0.359. The number of nitrogens with one attached hydrogen (secondary N) is 1. The van der Waals surface area contributed by atoms with Crippen molar-refractivity contribution in [1.82, 2.24) is 5.32 Å². The molecule has 9 N–H and O–H groups in total. The van der Waals surface area contributed by atoms with Gasteiger partial charge in [-0.1, -0.05) is 264 Å². The number of allylic oxidation sites excluding steroid dienone is 19. The summed E-state index contributed by atoms with van der Waals surface area (Å²) >= 11 is 0. The molecular formula is C74H125NO13. The number of rotatable bonds is 55. The summed E-state index contributed by atoms with van der Waals surface area (Å²) in [6.07, 6.45) is 67.0. The van der Waals surface area contributed by atoms with Gasteiger partial charge in [-0.15, -0.1) is 0 Å². The topological polar surface area (TPSA) is 228 Å². The van der Waals surface area contributed by atoms with Crippen molar-refractivity contribution >= 4 is 5.91 Å². The highest BCUT2D eigenvalue weighted by atomic mass is 16.7. The Balaban J connectivity index is 1.74. The third-order valence-electron chi connectivity index (χ3n) is 16.1. The molecule has 14 heteroatoms. The maximum atomic E-state index is 13.3. The Morgan fingerprint density at radius 3 is 1.25 bits per heavy atom. The first-order valence-corrected chi connectivity index (χ1v) is 34.8. The molecule has 0 aliphatic carbocycles. The van der Waals surface area contributed by atoms with E-state index < -0.39 is 86.8 Å². The monoisotopic (exact) mass is 1240 g/mol. The third kappa shape index (κ3) is 41.0. The molecule has 0 aromatic rings. The fourth-order valence-corrected chi connectivity index (χ4v) is 10.6. The summed E-state index contributed by atoms with van der Waals surface area (Å²) in [4.78, 5) is 13.3. The Hall–Kier alpha value is -3.61. The third-order valence-corrected chi connectivity index (χ3v) is 16.1. The van der Waals surface area contributed by atoms with Crippen LogP contribution >= 0.6 is 0 Å². The van der Waals surface area contributed by atoms with Gasteiger partial charge in [-0.2, -0.15) is 0 Å². The second kappa shape index (κ2) is 57.3. The predicted molar refractivity (Wildman–Crippen MR) is 359 cm³/mol. The minimum absolute atomic E-state index is 0.182. The number of ether oxygens (including phenoxy) is 4. The van der Waals surface area contributed by atoms with Gasteiger partial charge in [0.05, 0.1) is 32.0 Å². The van der Waals surface area contributed by atoms with E-state index in [0.29, 0.717) is 19.3 Å². The van der Waals surface area contributed by atoms with Gasteiger partial charge in [0.15, 0.2) is 12.6 Å². The number of hydrogen-bond donors (Lipinski definition) is 9. The molecule has 504 valence electrons. The van der Waals surface area contributed by atoms with Gasteiger partial charge in [0.25, 0.3) is 0 Å². The van der Waals surface area contributed by atoms with Crippen molar-refractivity contribution in [2.24, 2.45) is 0 Å². The molecule has 1 amide bonds. The van der Waals surface area contributed by atoms with Crippen molar-refractivity contribution in [2.45, 2.75) is 319 Å². The summed E-state index contributed by atoms with van der Waals surface area (Å²) in [6.45, 7) is 2.63. The second-order valence-corrected chi connectivity index (χ2v) is 23.9. The number of carbonyl (C=O) groups is 1. The zero-order chi connectivity index (χ0) is 63.8. The first kappa shape index (κ1) is 80.5. The molecule has 2 aliphatic rings. The van der Waals surface area contributed by atoms with Gasteiger partial charge >= 0.3 is 0 Å². The summed E-state index contributed by atoms with van der Waals surface area (Å²) in [5, 5.41) is 87.3. The van der Waals surface area contributed by atoms with Gasteiger partial charge in [-0.05, 0) is 96.3 Å². The fourth-order valence-electron chi connectivity index (χ4n) is 10.6. The maximum Gasteiger partial charge on any atom is 0.220 e. The molecule has 0 aromatic carbocycles. The van der Waals surface area contributed by atoms with E-state index in [-0.39, 0.29) is 18.9 Å². The van der Waals surface area contributed by atoms with Gasteiger partial charge in [0, 0.05) is 6.42 Å². The van der Waals surface area contributed by atoms with Crippen LogP contribution in [0.15, 0.2) is 122 Å².